The van der Waals surface area contributed by atoms with Crippen molar-refractivity contribution in [2.75, 3.05) is 13.1 Å². The lowest BCUT2D eigenvalue weighted by molar-refractivity contribution is 0.0698. The number of nitrogens with one attached hydrogen (secondary N) is 1. The molecule has 0 radical (unpaired) electrons. The highest BCUT2D eigenvalue weighted by Gasteiger charge is 2.25. The van der Waals surface area contributed by atoms with Gasteiger partial charge in [0.15, 0.2) is 0 Å². The van der Waals surface area contributed by atoms with E-state index in [1.165, 1.54) is 0 Å². The topological polar surface area (TPSA) is 73.2 Å². The molecule has 2 amide bonds. The smallest absolute Gasteiger partial charge is 0.253 e. The number of amides is 2. The predicted molar refractivity (Wildman–Crippen MR) is 98.7 cm³/mol. The molecule has 132 valence electrons. The van der Waals surface area contributed by atoms with E-state index in [1.807, 2.05) is 31.2 Å². The maximum atomic E-state index is 12.6. The van der Waals surface area contributed by atoms with Crippen LogP contribution in [0, 0.1) is 18.3 Å². The molecule has 5 nitrogen and oxygen atoms in total. The molecule has 1 aliphatic heterocycles. The van der Waals surface area contributed by atoms with Gasteiger partial charge >= 0.3 is 0 Å². The van der Waals surface area contributed by atoms with Crippen LogP contribution in [0.1, 0.15) is 44.7 Å². The number of carbonyl (C=O) groups excluding carboxylic acids is 2. The second-order valence-corrected chi connectivity index (χ2v) is 6.60. The summed E-state index contributed by atoms with van der Waals surface area (Å²) in [7, 11) is 0. The third-order valence-electron chi connectivity index (χ3n) is 4.67. The average molecular weight is 347 g/mol. The molecule has 1 saturated heterocycles. The molecule has 0 unspecified atom stereocenters. The maximum absolute atomic E-state index is 12.6. The molecule has 1 aliphatic rings. The highest BCUT2D eigenvalue weighted by molar-refractivity contribution is 5.95. The minimum Gasteiger partial charge on any atom is -0.349 e. The lowest BCUT2D eigenvalue weighted by Gasteiger charge is -2.32. The number of likely N-dealkylation sites (tertiary alicyclic amines) is 1. The lowest BCUT2D eigenvalue weighted by atomic mass is 10.0. The quantitative estimate of drug-likeness (QED) is 0.928. The number of benzene rings is 2. The molecule has 0 atom stereocenters. The first kappa shape index (κ1) is 17.7. The fourth-order valence-electron chi connectivity index (χ4n) is 3.10. The summed E-state index contributed by atoms with van der Waals surface area (Å²) >= 11 is 0. The molecule has 0 aromatic heterocycles. The van der Waals surface area contributed by atoms with Gasteiger partial charge in [0.2, 0.25) is 0 Å². The first-order valence-electron chi connectivity index (χ1n) is 8.74. The van der Waals surface area contributed by atoms with Crippen molar-refractivity contribution in [1.29, 1.82) is 5.26 Å². The Kier molecular flexibility index (Phi) is 5.33. The monoisotopic (exact) mass is 347 g/mol. The molecule has 2 aromatic carbocycles. The third kappa shape index (κ3) is 4.09. The van der Waals surface area contributed by atoms with E-state index in [2.05, 4.69) is 11.4 Å². The van der Waals surface area contributed by atoms with Gasteiger partial charge in [-0.2, -0.15) is 5.26 Å². The summed E-state index contributed by atoms with van der Waals surface area (Å²) in [6, 6.07) is 16.4. The van der Waals surface area contributed by atoms with E-state index in [0.717, 1.165) is 18.4 Å². The van der Waals surface area contributed by atoms with E-state index in [4.69, 9.17) is 5.26 Å². The van der Waals surface area contributed by atoms with Crippen LogP contribution in [0.3, 0.4) is 0 Å². The largest absolute Gasteiger partial charge is 0.349 e. The first-order valence-corrected chi connectivity index (χ1v) is 8.74. The summed E-state index contributed by atoms with van der Waals surface area (Å²) in [5.41, 5.74) is 2.79. The Hall–Kier alpha value is -3.13. The van der Waals surface area contributed by atoms with Crippen LogP contribution in [0.4, 0.5) is 0 Å². The number of hydrogen-bond acceptors (Lipinski definition) is 3. The number of nitriles is 1. The number of aryl methyl sites for hydroxylation is 1. The van der Waals surface area contributed by atoms with Crippen molar-refractivity contribution in [2.24, 2.45) is 0 Å². The lowest BCUT2D eigenvalue weighted by Crippen LogP contribution is -2.46. The summed E-state index contributed by atoms with van der Waals surface area (Å²) in [5, 5.41) is 12.0. The second-order valence-electron chi connectivity index (χ2n) is 6.60. The molecular formula is C21H21N3O2. The highest BCUT2D eigenvalue weighted by Crippen LogP contribution is 2.15. The molecule has 1 heterocycles. The Balaban J connectivity index is 1.55. The van der Waals surface area contributed by atoms with Crippen LogP contribution in [0.25, 0.3) is 0 Å². The number of piperidine rings is 1. The van der Waals surface area contributed by atoms with Gasteiger partial charge in [0.1, 0.15) is 0 Å². The van der Waals surface area contributed by atoms with Gasteiger partial charge < -0.3 is 10.2 Å². The highest BCUT2D eigenvalue weighted by atomic mass is 16.2. The summed E-state index contributed by atoms with van der Waals surface area (Å²) < 4.78 is 0. The number of carbonyl (C=O) groups is 2. The molecule has 26 heavy (non-hydrogen) atoms. The summed E-state index contributed by atoms with van der Waals surface area (Å²) in [5.74, 6) is -0.137. The van der Waals surface area contributed by atoms with Crippen LogP contribution in [0.2, 0.25) is 0 Å². The maximum Gasteiger partial charge on any atom is 0.253 e. The van der Waals surface area contributed by atoms with Crippen molar-refractivity contribution in [2.45, 2.75) is 25.8 Å². The van der Waals surface area contributed by atoms with E-state index in [-0.39, 0.29) is 17.9 Å². The van der Waals surface area contributed by atoms with E-state index >= 15 is 0 Å². The molecule has 0 saturated carbocycles. The van der Waals surface area contributed by atoms with Crippen molar-refractivity contribution in [1.82, 2.24) is 10.2 Å². The molecule has 5 heteroatoms. The van der Waals surface area contributed by atoms with E-state index in [1.54, 1.807) is 29.2 Å². The minimum atomic E-state index is -0.0727. The second kappa shape index (κ2) is 7.83. The summed E-state index contributed by atoms with van der Waals surface area (Å²) in [4.78, 5) is 26.7. The van der Waals surface area contributed by atoms with Gasteiger partial charge in [-0.15, -0.1) is 0 Å². The molecule has 1 N–H and O–H groups in total. The van der Waals surface area contributed by atoms with Gasteiger partial charge in [0.25, 0.3) is 11.8 Å². The normalized spacial score (nSPS) is 14.5. The van der Waals surface area contributed by atoms with Crippen LogP contribution in [0.15, 0.2) is 48.5 Å². The van der Waals surface area contributed by atoms with E-state index in [9.17, 15) is 9.59 Å². The van der Waals surface area contributed by atoms with E-state index < -0.39 is 0 Å². The van der Waals surface area contributed by atoms with Crippen LogP contribution < -0.4 is 5.32 Å². The van der Waals surface area contributed by atoms with Crippen molar-refractivity contribution >= 4 is 11.8 Å². The number of rotatable bonds is 3. The Labute approximate surface area is 153 Å². The van der Waals surface area contributed by atoms with Crippen molar-refractivity contribution < 1.29 is 9.59 Å². The Bertz CT molecular complexity index is 844. The zero-order chi connectivity index (χ0) is 18.5. The average Bonchev–Trinajstić information content (AvgIpc) is 2.68. The Morgan fingerprint density at radius 3 is 2.42 bits per heavy atom. The minimum absolute atomic E-state index is 0.0644. The van der Waals surface area contributed by atoms with Gasteiger partial charge in [-0.05, 0) is 50.1 Å². The van der Waals surface area contributed by atoms with Gasteiger partial charge in [-0.25, -0.2) is 0 Å². The zero-order valence-electron chi connectivity index (χ0n) is 14.7. The van der Waals surface area contributed by atoms with Crippen molar-refractivity contribution in [3.8, 4) is 6.07 Å². The molecule has 1 fully saturated rings. The van der Waals surface area contributed by atoms with Crippen LogP contribution in [-0.4, -0.2) is 35.8 Å². The van der Waals surface area contributed by atoms with Gasteiger partial charge in [-0.3, -0.25) is 9.59 Å². The van der Waals surface area contributed by atoms with Crippen LogP contribution in [-0.2, 0) is 0 Å². The number of hydrogen-bond donors (Lipinski definition) is 1. The predicted octanol–water partition coefficient (Wildman–Crippen LogP) is 2.90. The van der Waals surface area contributed by atoms with Gasteiger partial charge in [0, 0.05) is 30.3 Å². The molecule has 0 aliphatic carbocycles. The summed E-state index contributed by atoms with van der Waals surface area (Å²) in [6.45, 7) is 3.17. The number of nitrogens with zero attached hydrogens (tertiary/aromatic N) is 2. The zero-order valence-corrected chi connectivity index (χ0v) is 14.7. The van der Waals surface area contributed by atoms with E-state index in [0.29, 0.717) is 29.8 Å². The molecular weight excluding hydrogens is 326 g/mol. The standard InChI is InChI=1S/C21H21N3O2/c1-15-5-7-17(8-6-15)20(25)23-19-9-11-24(12-10-19)21(26)18-4-2-3-16(13-18)14-22/h2-8,13,19H,9-12H2,1H3,(H,23,25). The molecule has 2 aromatic rings. The van der Waals surface area contributed by atoms with Gasteiger partial charge in [-0.1, -0.05) is 23.8 Å². The summed E-state index contributed by atoms with van der Waals surface area (Å²) in [6.07, 6.45) is 1.45. The van der Waals surface area contributed by atoms with Crippen LogP contribution >= 0.6 is 0 Å². The first-order chi connectivity index (χ1) is 12.6. The van der Waals surface area contributed by atoms with Crippen molar-refractivity contribution in [3.63, 3.8) is 0 Å². The fourth-order valence-corrected chi connectivity index (χ4v) is 3.10. The van der Waals surface area contributed by atoms with Crippen molar-refractivity contribution in [3.05, 3.63) is 70.8 Å². The Morgan fingerprint density at radius 2 is 1.77 bits per heavy atom. The molecule has 3 rings (SSSR count). The Morgan fingerprint density at radius 1 is 1.08 bits per heavy atom. The third-order valence-corrected chi connectivity index (χ3v) is 4.67. The van der Waals surface area contributed by atoms with Crippen LogP contribution in [0.5, 0.6) is 0 Å². The fraction of sp³-hybridized carbons (Fsp3) is 0.286. The molecule has 0 spiro atoms. The SMILES string of the molecule is Cc1ccc(C(=O)NC2CCN(C(=O)c3cccc(C#N)c3)CC2)cc1. The molecule has 0 bridgehead atoms. The van der Waals surface area contributed by atoms with Gasteiger partial charge in [0.05, 0.1) is 11.6 Å².